The summed E-state index contributed by atoms with van der Waals surface area (Å²) in [6.45, 7) is 0.873. The zero-order valence-corrected chi connectivity index (χ0v) is 17.3. The van der Waals surface area contributed by atoms with Crippen LogP contribution in [0, 0.1) is 0 Å². The normalized spacial score (nSPS) is 15.7. The molecule has 1 fully saturated rings. The predicted octanol–water partition coefficient (Wildman–Crippen LogP) is 3.13. The lowest BCUT2D eigenvalue weighted by atomic mass is 10.0. The van der Waals surface area contributed by atoms with E-state index in [-0.39, 0.29) is 11.5 Å². The Morgan fingerprint density at radius 2 is 2.00 bits per heavy atom. The molecule has 0 spiro atoms. The highest BCUT2D eigenvalue weighted by molar-refractivity contribution is 6.04. The number of amides is 1. The fraction of sp³-hybridized carbons (Fsp3) is 0.391. The molecule has 7 heteroatoms. The van der Waals surface area contributed by atoms with Gasteiger partial charge in [0, 0.05) is 44.2 Å². The Morgan fingerprint density at radius 3 is 2.73 bits per heavy atom. The van der Waals surface area contributed by atoms with E-state index in [0.29, 0.717) is 17.4 Å². The number of nitrogens with zero attached hydrogens (tertiary/aromatic N) is 5. The molecule has 1 amide bonds. The maximum atomic E-state index is 13.1. The number of fused-ring (bicyclic) bond motifs is 1. The third-order valence-corrected chi connectivity index (χ3v) is 6.07. The molecule has 0 bridgehead atoms. The first-order valence-corrected chi connectivity index (χ1v) is 10.5. The van der Waals surface area contributed by atoms with Crippen molar-refractivity contribution in [3.05, 3.63) is 63.8 Å². The molecule has 30 heavy (non-hydrogen) atoms. The van der Waals surface area contributed by atoms with Crippen molar-refractivity contribution < 1.29 is 4.79 Å². The summed E-state index contributed by atoms with van der Waals surface area (Å²) in [5.74, 6) is 0.925. The average Bonchev–Trinajstić information content (AvgIpc) is 3.52. The Bertz CT molecular complexity index is 1170. The van der Waals surface area contributed by atoms with Gasteiger partial charge in [-0.05, 0) is 61.8 Å². The SMILES string of the molecule is CN(C(=O)c1cc2n(n1)CCCC2)c1ccc(C2CC2)c(-c2ccc(=O)n(C)c2)n1. The van der Waals surface area contributed by atoms with Crippen LogP contribution in [0.15, 0.2) is 41.3 Å². The van der Waals surface area contributed by atoms with E-state index in [2.05, 4.69) is 11.2 Å². The van der Waals surface area contributed by atoms with E-state index < -0.39 is 0 Å². The van der Waals surface area contributed by atoms with Crippen LogP contribution in [0.25, 0.3) is 11.3 Å². The zero-order chi connectivity index (χ0) is 20.8. The number of hydrogen-bond donors (Lipinski definition) is 0. The van der Waals surface area contributed by atoms with Crippen LogP contribution in [0.4, 0.5) is 5.82 Å². The molecule has 0 unspecified atom stereocenters. The highest BCUT2D eigenvalue weighted by Crippen LogP contribution is 2.44. The zero-order valence-electron chi connectivity index (χ0n) is 17.3. The monoisotopic (exact) mass is 403 g/mol. The van der Waals surface area contributed by atoms with Gasteiger partial charge in [0.2, 0.25) is 5.56 Å². The number of hydrogen-bond acceptors (Lipinski definition) is 4. The van der Waals surface area contributed by atoms with Gasteiger partial charge in [0.1, 0.15) is 5.82 Å². The van der Waals surface area contributed by atoms with E-state index in [9.17, 15) is 9.59 Å². The number of aromatic nitrogens is 4. The van der Waals surface area contributed by atoms with Crippen molar-refractivity contribution in [3.63, 3.8) is 0 Å². The second-order valence-electron chi connectivity index (χ2n) is 8.31. The summed E-state index contributed by atoms with van der Waals surface area (Å²) >= 11 is 0. The van der Waals surface area contributed by atoms with E-state index in [4.69, 9.17) is 4.98 Å². The summed E-state index contributed by atoms with van der Waals surface area (Å²) in [7, 11) is 3.48. The predicted molar refractivity (Wildman–Crippen MR) is 115 cm³/mol. The Labute approximate surface area is 175 Å². The van der Waals surface area contributed by atoms with E-state index in [0.717, 1.165) is 55.6 Å². The van der Waals surface area contributed by atoms with Crippen LogP contribution in [0.1, 0.15) is 53.3 Å². The van der Waals surface area contributed by atoms with Crippen LogP contribution in [0.2, 0.25) is 0 Å². The van der Waals surface area contributed by atoms with Crippen LogP contribution in [-0.4, -0.2) is 32.3 Å². The first-order chi connectivity index (χ1) is 14.5. The van der Waals surface area contributed by atoms with Crippen LogP contribution in [-0.2, 0) is 20.0 Å². The van der Waals surface area contributed by atoms with Crippen molar-refractivity contribution in [1.82, 2.24) is 19.3 Å². The van der Waals surface area contributed by atoms with Crippen molar-refractivity contribution in [3.8, 4) is 11.3 Å². The van der Waals surface area contributed by atoms with Crippen molar-refractivity contribution in [2.24, 2.45) is 7.05 Å². The fourth-order valence-electron chi connectivity index (χ4n) is 4.13. The van der Waals surface area contributed by atoms with Gasteiger partial charge >= 0.3 is 0 Å². The maximum Gasteiger partial charge on any atom is 0.279 e. The van der Waals surface area contributed by atoms with E-state index in [1.165, 1.54) is 5.56 Å². The van der Waals surface area contributed by atoms with E-state index in [1.54, 1.807) is 29.6 Å². The fourth-order valence-corrected chi connectivity index (χ4v) is 4.13. The molecular formula is C23H25N5O2. The molecule has 0 aromatic carbocycles. The molecule has 1 aliphatic carbocycles. The lowest BCUT2D eigenvalue weighted by Gasteiger charge is -2.18. The summed E-state index contributed by atoms with van der Waals surface area (Å²) in [6.07, 6.45) is 7.32. The quantitative estimate of drug-likeness (QED) is 0.671. The highest BCUT2D eigenvalue weighted by Gasteiger charge is 2.29. The van der Waals surface area contributed by atoms with Crippen LogP contribution in [0.5, 0.6) is 0 Å². The summed E-state index contributed by atoms with van der Waals surface area (Å²) in [4.78, 5) is 31.3. The molecule has 3 aromatic rings. The standard InChI is InChI=1S/C23H25N5O2/c1-26-14-16(8-11-21(26)29)22-18(15-6-7-15)9-10-20(24-22)27(2)23(30)19-13-17-5-3-4-12-28(17)25-19/h8-11,13-15H,3-7,12H2,1-2H3. The Kier molecular flexibility index (Phi) is 4.53. The Morgan fingerprint density at radius 1 is 1.17 bits per heavy atom. The molecule has 3 aromatic heterocycles. The molecule has 7 nitrogen and oxygen atoms in total. The van der Waals surface area contributed by atoms with E-state index >= 15 is 0 Å². The minimum Gasteiger partial charge on any atom is -0.318 e. The van der Waals surface area contributed by atoms with Gasteiger partial charge in [-0.2, -0.15) is 5.10 Å². The summed E-state index contributed by atoms with van der Waals surface area (Å²) in [5.41, 5.74) is 4.44. The second kappa shape index (κ2) is 7.23. The molecular weight excluding hydrogens is 378 g/mol. The maximum absolute atomic E-state index is 13.1. The number of aryl methyl sites for hydroxylation is 3. The molecule has 2 aliphatic rings. The summed E-state index contributed by atoms with van der Waals surface area (Å²) in [6, 6.07) is 9.26. The number of rotatable bonds is 4. The van der Waals surface area contributed by atoms with Gasteiger partial charge in [0.05, 0.1) is 5.69 Å². The number of pyridine rings is 2. The minimum atomic E-state index is -0.157. The van der Waals surface area contributed by atoms with Gasteiger partial charge in [0.15, 0.2) is 5.69 Å². The van der Waals surface area contributed by atoms with Crippen molar-refractivity contribution in [2.75, 3.05) is 11.9 Å². The number of carbonyl (C=O) groups excluding carboxylic acids is 1. The third-order valence-electron chi connectivity index (χ3n) is 6.07. The van der Waals surface area contributed by atoms with Gasteiger partial charge in [-0.1, -0.05) is 6.07 Å². The van der Waals surface area contributed by atoms with Crippen molar-refractivity contribution in [1.29, 1.82) is 0 Å². The Hall–Kier alpha value is -3.22. The minimum absolute atomic E-state index is 0.0566. The van der Waals surface area contributed by atoms with Crippen LogP contribution >= 0.6 is 0 Å². The molecule has 0 radical (unpaired) electrons. The smallest absolute Gasteiger partial charge is 0.279 e. The first-order valence-electron chi connectivity index (χ1n) is 10.5. The topological polar surface area (TPSA) is 73.0 Å². The molecule has 4 heterocycles. The molecule has 1 saturated carbocycles. The van der Waals surface area contributed by atoms with Gasteiger partial charge in [0.25, 0.3) is 5.91 Å². The summed E-state index contributed by atoms with van der Waals surface area (Å²) in [5, 5.41) is 4.51. The lowest BCUT2D eigenvalue weighted by Crippen LogP contribution is -2.28. The third kappa shape index (κ3) is 3.34. The van der Waals surface area contributed by atoms with Gasteiger partial charge in [-0.15, -0.1) is 0 Å². The summed E-state index contributed by atoms with van der Waals surface area (Å²) < 4.78 is 3.51. The van der Waals surface area contributed by atoms with Gasteiger partial charge in [-0.3, -0.25) is 19.2 Å². The highest BCUT2D eigenvalue weighted by atomic mass is 16.2. The molecule has 154 valence electrons. The first kappa shape index (κ1) is 18.8. The number of carbonyl (C=O) groups is 1. The second-order valence-corrected chi connectivity index (χ2v) is 8.31. The molecule has 0 N–H and O–H groups in total. The largest absolute Gasteiger partial charge is 0.318 e. The average molecular weight is 403 g/mol. The van der Waals surface area contributed by atoms with Gasteiger partial charge < -0.3 is 4.57 Å². The number of anilines is 1. The molecule has 0 atom stereocenters. The molecule has 5 rings (SSSR count). The lowest BCUT2D eigenvalue weighted by molar-refractivity contribution is 0.0986. The van der Waals surface area contributed by atoms with Crippen LogP contribution < -0.4 is 10.5 Å². The molecule has 0 saturated heterocycles. The van der Waals surface area contributed by atoms with Crippen molar-refractivity contribution >= 4 is 11.7 Å². The van der Waals surface area contributed by atoms with Crippen LogP contribution in [0.3, 0.4) is 0 Å². The van der Waals surface area contributed by atoms with E-state index in [1.807, 2.05) is 29.1 Å². The molecule has 1 aliphatic heterocycles. The van der Waals surface area contributed by atoms with Gasteiger partial charge in [-0.25, -0.2) is 4.98 Å². The van der Waals surface area contributed by atoms with Crippen molar-refractivity contribution in [2.45, 2.75) is 44.6 Å². The Balaban J connectivity index is 1.51.